The van der Waals surface area contributed by atoms with Crippen LogP contribution in [0, 0.1) is 19.8 Å². The second-order valence-corrected chi connectivity index (χ2v) is 6.01. The topological polar surface area (TPSA) is 64.6 Å². The maximum Gasteiger partial charge on any atom is 0.226 e. The third-order valence-electron chi connectivity index (χ3n) is 4.26. The molecule has 3 heterocycles. The molecular weight excluding hydrogens is 282 g/mol. The lowest BCUT2D eigenvalue weighted by Gasteiger charge is -2.35. The Morgan fingerprint density at radius 1 is 1.23 bits per heavy atom. The minimum absolute atomic E-state index is 0.0985. The molecule has 2 aliphatic heterocycles. The van der Waals surface area contributed by atoms with Crippen LogP contribution in [0.15, 0.2) is 6.07 Å². The fraction of sp³-hybridized carbons (Fsp3) is 0.688. The van der Waals surface area contributed by atoms with Gasteiger partial charge in [0.05, 0.1) is 18.8 Å². The van der Waals surface area contributed by atoms with Gasteiger partial charge in [0.15, 0.2) is 0 Å². The van der Waals surface area contributed by atoms with Crippen molar-refractivity contribution in [1.29, 1.82) is 0 Å². The molecule has 0 unspecified atom stereocenters. The molecule has 0 radical (unpaired) electrons. The number of carbonyl (C=O) groups excluding carboxylic acids is 1. The summed E-state index contributed by atoms with van der Waals surface area (Å²) in [5.41, 5.74) is 1.80. The van der Waals surface area contributed by atoms with E-state index in [0.717, 1.165) is 30.1 Å². The van der Waals surface area contributed by atoms with Crippen LogP contribution in [0.1, 0.15) is 36.2 Å². The lowest BCUT2D eigenvalue weighted by molar-refractivity contribution is -0.146. The van der Waals surface area contributed by atoms with Crippen LogP contribution in [0.2, 0.25) is 0 Å². The zero-order chi connectivity index (χ0) is 15.5. The van der Waals surface area contributed by atoms with Crippen LogP contribution in [-0.4, -0.2) is 53.7 Å². The number of ether oxygens (including phenoxy) is 2. The average Bonchev–Trinajstić information content (AvgIpc) is 2.54. The van der Waals surface area contributed by atoms with Crippen molar-refractivity contribution < 1.29 is 14.3 Å². The lowest BCUT2D eigenvalue weighted by Crippen LogP contribution is -2.46. The number of rotatable bonds is 2. The Kier molecular flexibility index (Phi) is 4.69. The van der Waals surface area contributed by atoms with E-state index in [0.29, 0.717) is 32.9 Å². The van der Waals surface area contributed by atoms with Gasteiger partial charge in [-0.05, 0) is 32.8 Å². The molecule has 3 rings (SSSR count). The fourth-order valence-corrected chi connectivity index (χ4v) is 3.14. The van der Waals surface area contributed by atoms with Gasteiger partial charge in [-0.3, -0.25) is 4.79 Å². The highest BCUT2D eigenvalue weighted by atomic mass is 16.5. The largest absolute Gasteiger partial charge is 0.381 e. The van der Waals surface area contributed by atoms with Gasteiger partial charge in [-0.15, -0.1) is 0 Å². The van der Waals surface area contributed by atoms with Crippen molar-refractivity contribution >= 4 is 5.91 Å². The van der Waals surface area contributed by atoms with E-state index in [1.165, 1.54) is 0 Å². The average molecular weight is 305 g/mol. The summed E-state index contributed by atoms with van der Waals surface area (Å²) in [6.45, 7) is 7.00. The highest BCUT2D eigenvalue weighted by Crippen LogP contribution is 2.24. The summed E-state index contributed by atoms with van der Waals surface area (Å²) >= 11 is 0. The quantitative estimate of drug-likeness (QED) is 0.827. The molecule has 1 amide bonds. The van der Waals surface area contributed by atoms with Gasteiger partial charge in [0, 0.05) is 31.4 Å². The summed E-state index contributed by atoms with van der Waals surface area (Å²) in [7, 11) is 0. The van der Waals surface area contributed by atoms with Crippen molar-refractivity contribution in [2.75, 3.05) is 32.9 Å². The van der Waals surface area contributed by atoms with Gasteiger partial charge in [0.1, 0.15) is 11.9 Å². The molecule has 1 atom stereocenters. The molecule has 120 valence electrons. The Hall–Kier alpha value is -1.53. The van der Waals surface area contributed by atoms with Crippen molar-refractivity contribution in [1.82, 2.24) is 14.9 Å². The molecule has 0 saturated carbocycles. The Labute approximate surface area is 130 Å². The van der Waals surface area contributed by atoms with Gasteiger partial charge in [0.2, 0.25) is 5.91 Å². The molecule has 0 N–H and O–H groups in total. The molecule has 0 aliphatic carbocycles. The first-order valence-electron chi connectivity index (χ1n) is 7.94. The van der Waals surface area contributed by atoms with Crippen LogP contribution < -0.4 is 0 Å². The molecule has 6 nitrogen and oxygen atoms in total. The minimum Gasteiger partial charge on any atom is -0.381 e. The van der Waals surface area contributed by atoms with E-state index in [-0.39, 0.29) is 17.9 Å². The molecule has 1 aromatic heterocycles. The van der Waals surface area contributed by atoms with Gasteiger partial charge in [-0.1, -0.05) is 0 Å². The maximum absolute atomic E-state index is 12.6. The summed E-state index contributed by atoms with van der Waals surface area (Å²) in [4.78, 5) is 23.3. The van der Waals surface area contributed by atoms with E-state index in [9.17, 15) is 4.79 Å². The first-order chi connectivity index (χ1) is 10.6. The van der Waals surface area contributed by atoms with Gasteiger partial charge in [-0.2, -0.15) is 0 Å². The molecule has 1 aromatic rings. The summed E-state index contributed by atoms with van der Waals surface area (Å²) < 4.78 is 11.2. The number of aromatic nitrogens is 2. The van der Waals surface area contributed by atoms with Crippen molar-refractivity contribution in [3.05, 3.63) is 23.3 Å². The Morgan fingerprint density at radius 2 is 2.00 bits per heavy atom. The first-order valence-corrected chi connectivity index (χ1v) is 7.94. The molecule has 2 fully saturated rings. The van der Waals surface area contributed by atoms with Crippen molar-refractivity contribution in [3.8, 4) is 0 Å². The van der Waals surface area contributed by atoms with Gasteiger partial charge >= 0.3 is 0 Å². The van der Waals surface area contributed by atoms with E-state index in [2.05, 4.69) is 9.97 Å². The highest BCUT2D eigenvalue weighted by Gasteiger charge is 2.31. The minimum atomic E-state index is -0.155. The second-order valence-electron chi connectivity index (χ2n) is 6.01. The summed E-state index contributed by atoms with van der Waals surface area (Å²) in [5.74, 6) is 1.08. The van der Waals surface area contributed by atoms with Crippen molar-refractivity contribution in [3.63, 3.8) is 0 Å². The van der Waals surface area contributed by atoms with Gasteiger partial charge < -0.3 is 14.4 Å². The van der Waals surface area contributed by atoms with E-state index in [1.54, 1.807) is 0 Å². The van der Waals surface area contributed by atoms with E-state index in [4.69, 9.17) is 9.47 Å². The number of aryl methyl sites for hydroxylation is 2. The zero-order valence-electron chi connectivity index (χ0n) is 13.2. The van der Waals surface area contributed by atoms with Crippen LogP contribution in [-0.2, 0) is 14.3 Å². The number of amides is 1. The van der Waals surface area contributed by atoms with E-state index < -0.39 is 0 Å². The first kappa shape index (κ1) is 15.4. The fourth-order valence-electron chi connectivity index (χ4n) is 3.14. The second kappa shape index (κ2) is 6.71. The van der Waals surface area contributed by atoms with Crippen LogP contribution >= 0.6 is 0 Å². The van der Waals surface area contributed by atoms with Gasteiger partial charge in [-0.25, -0.2) is 9.97 Å². The molecule has 0 bridgehead atoms. The Morgan fingerprint density at radius 3 is 2.73 bits per heavy atom. The number of carbonyl (C=O) groups is 1. The summed E-state index contributed by atoms with van der Waals surface area (Å²) in [6.07, 6.45) is 1.50. The molecule has 0 spiro atoms. The van der Waals surface area contributed by atoms with E-state index >= 15 is 0 Å². The Balaban J connectivity index is 1.69. The van der Waals surface area contributed by atoms with Gasteiger partial charge in [0.25, 0.3) is 0 Å². The predicted molar refractivity (Wildman–Crippen MR) is 80.3 cm³/mol. The molecule has 6 heteroatoms. The zero-order valence-corrected chi connectivity index (χ0v) is 13.2. The predicted octanol–water partition coefficient (Wildman–Crippen LogP) is 1.42. The van der Waals surface area contributed by atoms with Crippen molar-refractivity contribution in [2.24, 2.45) is 5.92 Å². The monoisotopic (exact) mass is 305 g/mol. The van der Waals surface area contributed by atoms with E-state index in [1.807, 2.05) is 24.8 Å². The smallest absolute Gasteiger partial charge is 0.226 e. The van der Waals surface area contributed by atoms with Crippen LogP contribution in [0.4, 0.5) is 0 Å². The normalized spacial score (nSPS) is 23.5. The number of morpholine rings is 1. The molecule has 2 aliphatic rings. The third kappa shape index (κ3) is 3.44. The third-order valence-corrected chi connectivity index (χ3v) is 4.26. The summed E-state index contributed by atoms with van der Waals surface area (Å²) in [5, 5.41) is 0. The molecular formula is C16H23N3O3. The highest BCUT2D eigenvalue weighted by molar-refractivity contribution is 5.79. The summed E-state index contributed by atoms with van der Waals surface area (Å²) in [6, 6.07) is 1.94. The lowest BCUT2D eigenvalue weighted by atomic mass is 9.98. The molecule has 22 heavy (non-hydrogen) atoms. The maximum atomic E-state index is 12.6. The number of hydrogen-bond donors (Lipinski definition) is 0. The molecule has 2 saturated heterocycles. The van der Waals surface area contributed by atoms with Crippen LogP contribution in [0.25, 0.3) is 0 Å². The Bertz CT molecular complexity index is 523. The number of nitrogens with zero attached hydrogens (tertiary/aromatic N) is 3. The standard InChI is InChI=1S/C16H23N3O3/c1-11-9-14(18-12(2)17-11)15-10-19(5-8-22-15)16(20)13-3-6-21-7-4-13/h9,13,15H,3-8,10H2,1-2H3/t15-/m1/s1. The SMILES string of the molecule is Cc1cc([C@H]2CN(C(=O)C3CCOCC3)CCO2)nc(C)n1. The number of hydrogen-bond acceptors (Lipinski definition) is 5. The van der Waals surface area contributed by atoms with Crippen LogP contribution in [0.5, 0.6) is 0 Å². The van der Waals surface area contributed by atoms with Crippen LogP contribution in [0.3, 0.4) is 0 Å². The molecule has 0 aromatic carbocycles. The van der Waals surface area contributed by atoms with Crippen molar-refractivity contribution in [2.45, 2.75) is 32.8 Å².